The summed E-state index contributed by atoms with van der Waals surface area (Å²) in [6.45, 7) is 0. The van der Waals surface area contributed by atoms with Crippen LogP contribution in [0.5, 0.6) is 17.2 Å². The van der Waals surface area contributed by atoms with Crippen LogP contribution < -0.4 is 0 Å². The molecule has 0 spiro atoms. The van der Waals surface area contributed by atoms with Gasteiger partial charge in [-0.15, -0.1) is 0 Å². The molecule has 1 aromatic rings. The summed E-state index contributed by atoms with van der Waals surface area (Å²) in [5.41, 5.74) is 0. The van der Waals surface area contributed by atoms with Gasteiger partial charge in [-0.2, -0.15) is 16.8 Å². The maximum absolute atomic E-state index is 10.7. The Kier molecular flexibility index (Phi) is 4.64. The molecule has 0 bridgehead atoms. The van der Waals surface area contributed by atoms with Crippen LogP contribution in [0, 0.1) is 0 Å². The van der Waals surface area contributed by atoms with E-state index in [-0.39, 0.29) is 23.4 Å². The summed E-state index contributed by atoms with van der Waals surface area (Å²) in [4.78, 5) is -2.75. The second kappa shape index (κ2) is 4.92. The zero-order valence-corrected chi connectivity index (χ0v) is 9.40. The molecule has 0 aromatic heterocycles. The summed E-state index contributed by atoms with van der Waals surface area (Å²) in [6, 6.07) is 0.0923. The van der Waals surface area contributed by atoms with Crippen LogP contribution in [0.3, 0.4) is 0 Å². The van der Waals surface area contributed by atoms with Crippen LogP contribution in [0.2, 0.25) is 0 Å². The van der Waals surface area contributed by atoms with Crippen molar-refractivity contribution in [3.8, 4) is 17.2 Å². The zero-order valence-electron chi connectivity index (χ0n) is 7.76. The highest BCUT2D eigenvalue weighted by Crippen LogP contribution is 2.43. The summed E-state index contributed by atoms with van der Waals surface area (Å²) in [5, 5.41) is 27.2. The van der Waals surface area contributed by atoms with Crippen molar-refractivity contribution < 1.29 is 41.3 Å². The molecule has 102 valence electrons. The molecule has 0 aliphatic carbocycles. The van der Waals surface area contributed by atoms with Crippen LogP contribution in [-0.4, -0.2) is 58.6 Å². The maximum atomic E-state index is 10.7. The minimum atomic E-state index is -5.05. The number of phenols is 3. The first-order chi connectivity index (χ1) is 7.46. The van der Waals surface area contributed by atoms with Gasteiger partial charge in [0.15, 0.2) is 28.9 Å². The predicted octanol–water partition coefficient (Wildman–Crippen LogP) is -1.89. The average Bonchev–Trinajstić information content (AvgIpc) is 2.10. The van der Waals surface area contributed by atoms with E-state index in [0.29, 0.717) is 0 Å². The molecule has 0 atom stereocenters. The minimum absolute atomic E-state index is 0. The SMILES string of the molecule is O=S(=O)(O)c1cc(S(=O)(=O)O)c(O)c(O)c1O.[AlH3]. The second-order valence-electron chi connectivity index (χ2n) is 2.87. The molecule has 1 aromatic carbocycles. The molecule has 0 unspecified atom stereocenters. The lowest BCUT2D eigenvalue weighted by molar-refractivity contribution is 0.349. The molecule has 5 N–H and O–H groups in total. The first-order valence-electron chi connectivity index (χ1n) is 3.69. The second-order valence-corrected chi connectivity index (χ2v) is 5.65. The van der Waals surface area contributed by atoms with E-state index in [2.05, 4.69) is 0 Å². The molecule has 0 radical (unpaired) electrons. The molecule has 0 aliphatic heterocycles. The van der Waals surface area contributed by atoms with Crippen LogP contribution in [0.4, 0.5) is 0 Å². The van der Waals surface area contributed by atoms with Gasteiger partial charge in [-0.05, 0) is 6.07 Å². The van der Waals surface area contributed by atoms with E-state index in [1.54, 1.807) is 0 Å². The van der Waals surface area contributed by atoms with Gasteiger partial charge in [-0.25, -0.2) is 0 Å². The van der Waals surface area contributed by atoms with E-state index >= 15 is 0 Å². The molecule has 0 fully saturated rings. The largest absolute Gasteiger partial charge is 0.503 e. The van der Waals surface area contributed by atoms with Crippen molar-refractivity contribution in [2.75, 3.05) is 0 Å². The number of phenolic OH excluding ortho intramolecular Hbond substituents is 3. The van der Waals surface area contributed by atoms with E-state index in [1.807, 2.05) is 0 Å². The van der Waals surface area contributed by atoms with Crippen molar-refractivity contribution in [3.05, 3.63) is 6.07 Å². The molecular formula is C6H9AlO9S2. The summed E-state index contributed by atoms with van der Waals surface area (Å²) >= 11 is 0. The van der Waals surface area contributed by atoms with Crippen LogP contribution in [0.25, 0.3) is 0 Å². The van der Waals surface area contributed by atoms with Gasteiger partial charge in [0.1, 0.15) is 9.79 Å². The zero-order chi connectivity index (χ0) is 13.6. The minimum Gasteiger partial charge on any atom is -0.503 e. The van der Waals surface area contributed by atoms with Gasteiger partial charge < -0.3 is 15.3 Å². The van der Waals surface area contributed by atoms with Crippen LogP contribution in [0.1, 0.15) is 0 Å². The number of hydrogen-bond donors (Lipinski definition) is 5. The molecule has 0 amide bonds. The Morgan fingerprint density at radius 3 is 1.22 bits per heavy atom. The highest BCUT2D eigenvalue weighted by atomic mass is 32.2. The molecule has 18 heavy (non-hydrogen) atoms. The smallest absolute Gasteiger partial charge is 0.298 e. The normalized spacial score (nSPS) is 11.9. The molecule has 12 heteroatoms. The van der Waals surface area contributed by atoms with Gasteiger partial charge in [0.05, 0.1) is 0 Å². The molecule has 0 saturated carbocycles. The van der Waals surface area contributed by atoms with Crippen molar-refractivity contribution in [1.29, 1.82) is 0 Å². The Morgan fingerprint density at radius 2 is 1.00 bits per heavy atom. The van der Waals surface area contributed by atoms with E-state index in [4.69, 9.17) is 24.4 Å². The lowest BCUT2D eigenvalue weighted by atomic mass is 10.3. The van der Waals surface area contributed by atoms with E-state index in [0.717, 1.165) is 0 Å². The predicted molar refractivity (Wildman–Crippen MR) is 61.0 cm³/mol. The summed E-state index contributed by atoms with van der Waals surface area (Å²) in [5.74, 6) is -4.40. The van der Waals surface area contributed by atoms with Gasteiger partial charge in [0.2, 0.25) is 5.75 Å². The third kappa shape index (κ3) is 3.05. The summed E-state index contributed by atoms with van der Waals surface area (Å²) in [7, 11) is -10.1. The third-order valence-corrected chi connectivity index (χ3v) is 3.47. The average molecular weight is 316 g/mol. The quantitative estimate of drug-likeness (QED) is 0.238. The van der Waals surface area contributed by atoms with E-state index in [1.165, 1.54) is 0 Å². The number of benzene rings is 1. The summed E-state index contributed by atoms with van der Waals surface area (Å²) in [6.07, 6.45) is 0. The standard InChI is InChI=1S/C6H6O9S2.Al.3H/c7-4-2(16(10,11)12)1-3(17(13,14)15)5(8)6(4)9;;;;/h1,7-9H,(H,10,11,12)(H,13,14,15);;;;. The van der Waals surface area contributed by atoms with Crippen molar-refractivity contribution >= 4 is 37.6 Å². The summed E-state index contributed by atoms with van der Waals surface area (Å²) < 4.78 is 60.1. The first kappa shape index (κ1) is 17.0. The van der Waals surface area contributed by atoms with Gasteiger partial charge in [-0.1, -0.05) is 0 Å². The Morgan fingerprint density at radius 1 is 0.722 bits per heavy atom. The van der Waals surface area contributed by atoms with Crippen molar-refractivity contribution in [3.63, 3.8) is 0 Å². The number of hydrogen-bond acceptors (Lipinski definition) is 7. The molecule has 0 heterocycles. The molecule has 9 nitrogen and oxygen atoms in total. The first-order valence-corrected chi connectivity index (χ1v) is 6.57. The van der Waals surface area contributed by atoms with E-state index in [9.17, 15) is 16.8 Å². The molecule has 0 aliphatic rings. The van der Waals surface area contributed by atoms with Crippen LogP contribution >= 0.6 is 0 Å². The van der Waals surface area contributed by atoms with Crippen LogP contribution in [0.15, 0.2) is 15.9 Å². The van der Waals surface area contributed by atoms with Gasteiger partial charge in [-0.3, -0.25) is 9.11 Å². The van der Waals surface area contributed by atoms with Gasteiger partial charge >= 0.3 is 0 Å². The van der Waals surface area contributed by atoms with Crippen LogP contribution in [-0.2, 0) is 20.2 Å². The monoisotopic (exact) mass is 316 g/mol. The molecular weight excluding hydrogens is 307 g/mol. The lowest BCUT2D eigenvalue weighted by Crippen LogP contribution is -2.04. The van der Waals surface area contributed by atoms with Gasteiger partial charge in [0.25, 0.3) is 20.2 Å². The number of rotatable bonds is 2. The molecule has 1 rings (SSSR count). The molecule has 0 saturated heterocycles. The Balaban J connectivity index is 0.00000289. The maximum Gasteiger partial charge on any atom is 0.298 e. The fraction of sp³-hybridized carbons (Fsp3) is 0. The fourth-order valence-electron chi connectivity index (χ4n) is 0.995. The third-order valence-electron chi connectivity index (χ3n) is 1.73. The van der Waals surface area contributed by atoms with E-state index < -0.39 is 47.3 Å². The number of aromatic hydroxyl groups is 3. The van der Waals surface area contributed by atoms with Crippen molar-refractivity contribution in [2.45, 2.75) is 9.79 Å². The Hall–Kier alpha value is -1.03. The Labute approximate surface area is 112 Å². The highest BCUT2D eigenvalue weighted by Gasteiger charge is 2.28. The fourth-order valence-corrected chi connectivity index (χ4v) is 2.28. The van der Waals surface area contributed by atoms with Crippen molar-refractivity contribution in [2.24, 2.45) is 0 Å². The lowest BCUT2D eigenvalue weighted by Gasteiger charge is -2.08. The highest BCUT2D eigenvalue weighted by molar-refractivity contribution is 7.86. The Bertz CT molecular complexity index is 619. The van der Waals surface area contributed by atoms with Gasteiger partial charge in [0, 0.05) is 0 Å². The van der Waals surface area contributed by atoms with Crippen molar-refractivity contribution in [1.82, 2.24) is 0 Å². The topological polar surface area (TPSA) is 169 Å².